The van der Waals surface area contributed by atoms with Gasteiger partial charge in [0.15, 0.2) is 0 Å². The van der Waals surface area contributed by atoms with Crippen molar-refractivity contribution in [3.05, 3.63) is 76.1 Å². The van der Waals surface area contributed by atoms with Crippen LogP contribution in [0.2, 0.25) is 5.02 Å². The van der Waals surface area contributed by atoms with Crippen LogP contribution in [0.5, 0.6) is 5.75 Å². The molecule has 2 aromatic carbocycles. The molecular weight excluding hydrogens is 414 g/mol. The fourth-order valence-corrected chi connectivity index (χ4v) is 3.42. The number of benzene rings is 2. The van der Waals surface area contributed by atoms with Crippen LogP contribution in [0.3, 0.4) is 0 Å². The lowest BCUT2D eigenvalue weighted by molar-refractivity contribution is 0.0977. The summed E-state index contributed by atoms with van der Waals surface area (Å²) in [6, 6.07) is 14.2. The van der Waals surface area contributed by atoms with Crippen molar-refractivity contribution in [2.45, 2.75) is 20.3 Å². The van der Waals surface area contributed by atoms with Crippen LogP contribution in [0.25, 0.3) is 0 Å². The molecule has 0 aliphatic carbocycles. The Balaban J connectivity index is 1.83. The Morgan fingerprint density at radius 2 is 1.94 bits per heavy atom. The van der Waals surface area contributed by atoms with E-state index in [0.29, 0.717) is 40.9 Å². The van der Waals surface area contributed by atoms with Gasteiger partial charge in [-0.25, -0.2) is 0 Å². The molecule has 0 aliphatic rings. The first kappa shape index (κ1) is 22.4. The number of halogens is 1. The molecule has 0 bridgehead atoms. The van der Waals surface area contributed by atoms with E-state index >= 15 is 0 Å². The first-order valence-electron chi connectivity index (χ1n) is 9.89. The molecule has 7 nitrogen and oxygen atoms in total. The number of ether oxygens (including phenoxy) is 1. The van der Waals surface area contributed by atoms with Gasteiger partial charge in [-0.3, -0.25) is 19.8 Å². The van der Waals surface area contributed by atoms with E-state index in [4.69, 9.17) is 16.3 Å². The summed E-state index contributed by atoms with van der Waals surface area (Å²) in [5, 5.41) is 11.0. The molecule has 3 aromatic rings. The quantitative estimate of drug-likeness (QED) is 0.447. The molecular formula is C23H26ClN5O2. The highest BCUT2D eigenvalue weighted by Crippen LogP contribution is 2.27. The van der Waals surface area contributed by atoms with Crippen LogP contribution in [0.4, 0.5) is 5.69 Å². The first-order chi connectivity index (χ1) is 14.9. The topological polar surface area (TPSA) is 80.5 Å². The molecule has 162 valence electrons. The fourth-order valence-electron chi connectivity index (χ4n) is 3.24. The number of aliphatic imine (C=N–C) groups is 1. The Morgan fingerprint density at radius 1 is 1.19 bits per heavy atom. The number of rotatable bonds is 6. The first-order valence-corrected chi connectivity index (χ1v) is 10.3. The molecule has 1 heterocycles. The summed E-state index contributed by atoms with van der Waals surface area (Å²) >= 11 is 6.15. The SMILES string of the molecule is COc1ccc(Cl)cc1NC(=NCCc1c(C)nn(C)c1C)NC(=O)c1ccccc1. The van der Waals surface area contributed by atoms with Crippen LogP contribution in [-0.2, 0) is 13.5 Å². The van der Waals surface area contributed by atoms with Crippen molar-refractivity contribution in [1.29, 1.82) is 0 Å². The van der Waals surface area contributed by atoms with Crippen LogP contribution in [0, 0.1) is 13.8 Å². The zero-order chi connectivity index (χ0) is 22.4. The molecule has 8 heteroatoms. The smallest absolute Gasteiger partial charge is 0.257 e. The molecule has 1 amide bonds. The van der Waals surface area contributed by atoms with Crippen LogP contribution in [0.15, 0.2) is 53.5 Å². The third-order valence-electron chi connectivity index (χ3n) is 4.97. The highest BCUT2D eigenvalue weighted by atomic mass is 35.5. The molecule has 0 fully saturated rings. The van der Waals surface area contributed by atoms with Crippen molar-refractivity contribution in [2.75, 3.05) is 19.0 Å². The highest BCUT2D eigenvalue weighted by Gasteiger charge is 2.13. The number of methoxy groups -OCH3 is 1. The van der Waals surface area contributed by atoms with Crippen molar-refractivity contribution in [2.24, 2.45) is 12.0 Å². The standard InChI is InChI=1S/C23H26ClN5O2/c1-15-19(16(2)29(3)28-15)12-13-25-23(27-22(30)17-8-6-5-7-9-17)26-20-14-18(24)10-11-21(20)31-4/h5-11,14H,12-13H2,1-4H3,(H2,25,26,27,30). The zero-order valence-corrected chi connectivity index (χ0v) is 18.8. The van der Waals surface area contributed by atoms with E-state index in [-0.39, 0.29) is 5.91 Å². The summed E-state index contributed by atoms with van der Waals surface area (Å²) in [4.78, 5) is 17.3. The number of guanidine groups is 1. The molecule has 31 heavy (non-hydrogen) atoms. The molecule has 0 saturated heterocycles. The van der Waals surface area contributed by atoms with Crippen LogP contribution in [-0.4, -0.2) is 35.3 Å². The summed E-state index contributed by atoms with van der Waals surface area (Å²) in [5.74, 6) is 0.639. The third kappa shape index (κ3) is 5.64. The van der Waals surface area contributed by atoms with E-state index in [1.54, 1.807) is 37.4 Å². The van der Waals surface area contributed by atoms with Gasteiger partial charge < -0.3 is 10.1 Å². The molecule has 0 atom stereocenters. The lowest BCUT2D eigenvalue weighted by Crippen LogP contribution is -2.36. The number of anilines is 1. The van der Waals surface area contributed by atoms with Crippen molar-refractivity contribution in [3.8, 4) is 5.75 Å². The summed E-state index contributed by atoms with van der Waals surface area (Å²) < 4.78 is 7.26. The summed E-state index contributed by atoms with van der Waals surface area (Å²) in [7, 11) is 3.50. The largest absolute Gasteiger partial charge is 0.495 e. The number of carbonyl (C=O) groups excluding carboxylic acids is 1. The normalized spacial score (nSPS) is 11.3. The average molecular weight is 440 g/mol. The van der Waals surface area contributed by atoms with E-state index in [1.165, 1.54) is 0 Å². The Morgan fingerprint density at radius 3 is 2.58 bits per heavy atom. The van der Waals surface area contributed by atoms with Gasteiger partial charge >= 0.3 is 0 Å². The minimum Gasteiger partial charge on any atom is -0.495 e. The number of aryl methyl sites for hydroxylation is 2. The second kappa shape index (κ2) is 10.1. The maximum absolute atomic E-state index is 12.7. The predicted octanol–water partition coefficient (Wildman–Crippen LogP) is 4.14. The van der Waals surface area contributed by atoms with Crippen LogP contribution in [0.1, 0.15) is 27.3 Å². The predicted molar refractivity (Wildman–Crippen MR) is 124 cm³/mol. The van der Waals surface area contributed by atoms with Crippen LogP contribution >= 0.6 is 11.6 Å². The number of nitrogens with zero attached hydrogens (tertiary/aromatic N) is 3. The number of aromatic nitrogens is 2. The third-order valence-corrected chi connectivity index (χ3v) is 5.21. The number of hydrogen-bond acceptors (Lipinski definition) is 4. The number of nitrogens with one attached hydrogen (secondary N) is 2. The monoisotopic (exact) mass is 439 g/mol. The maximum Gasteiger partial charge on any atom is 0.257 e. The number of carbonyl (C=O) groups is 1. The Hall–Kier alpha value is -3.32. The fraction of sp³-hybridized carbons (Fsp3) is 0.261. The van der Waals surface area contributed by atoms with Crippen LogP contribution < -0.4 is 15.4 Å². The van der Waals surface area contributed by atoms with Crippen molar-refractivity contribution >= 4 is 29.2 Å². The van der Waals surface area contributed by atoms with Gasteiger partial charge in [-0.15, -0.1) is 0 Å². The van der Waals surface area contributed by atoms with Gasteiger partial charge in [0.05, 0.1) is 18.5 Å². The zero-order valence-electron chi connectivity index (χ0n) is 18.1. The number of hydrogen-bond donors (Lipinski definition) is 2. The van der Waals surface area contributed by atoms with E-state index in [9.17, 15) is 4.79 Å². The summed E-state index contributed by atoms with van der Waals surface area (Å²) in [5.41, 5.74) is 4.38. The molecule has 0 saturated carbocycles. The van der Waals surface area contributed by atoms with Gasteiger partial charge in [0.2, 0.25) is 5.96 Å². The van der Waals surface area contributed by atoms with E-state index in [2.05, 4.69) is 20.7 Å². The molecule has 2 N–H and O–H groups in total. The van der Waals surface area contributed by atoms with Gasteiger partial charge in [0.25, 0.3) is 5.91 Å². The second-order valence-corrected chi connectivity index (χ2v) is 7.48. The van der Waals surface area contributed by atoms with E-state index in [0.717, 1.165) is 17.0 Å². The van der Waals surface area contributed by atoms with E-state index in [1.807, 2.05) is 43.8 Å². The molecule has 0 spiro atoms. The highest BCUT2D eigenvalue weighted by molar-refractivity contribution is 6.31. The molecule has 0 aliphatic heterocycles. The summed E-state index contributed by atoms with van der Waals surface area (Å²) in [6.45, 7) is 4.49. The average Bonchev–Trinajstić information content (AvgIpc) is 3.00. The van der Waals surface area contributed by atoms with Crippen molar-refractivity contribution < 1.29 is 9.53 Å². The van der Waals surface area contributed by atoms with E-state index < -0.39 is 0 Å². The lowest BCUT2D eigenvalue weighted by Gasteiger charge is -2.15. The second-order valence-electron chi connectivity index (χ2n) is 7.04. The minimum atomic E-state index is -0.262. The summed E-state index contributed by atoms with van der Waals surface area (Å²) in [6.07, 6.45) is 0.699. The molecule has 3 rings (SSSR count). The lowest BCUT2D eigenvalue weighted by atomic mass is 10.1. The van der Waals surface area contributed by atoms with Gasteiger partial charge in [-0.1, -0.05) is 29.8 Å². The van der Waals surface area contributed by atoms with Gasteiger partial charge in [-0.05, 0) is 56.2 Å². The van der Waals surface area contributed by atoms with Gasteiger partial charge in [-0.2, -0.15) is 5.10 Å². The van der Waals surface area contributed by atoms with Crippen molar-refractivity contribution in [3.63, 3.8) is 0 Å². The minimum absolute atomic E-state index is 0.262. The Kier molecular flexibility index (Phi) is 7.31. The van der Waals surface area contributed by atoms with Crippen molar-refractivity contribution in [1.82, 2.24) is 15.1 Å². The Labute approximate surface area is 187 Å². The Bertz CT molecular complexity index is 1090. The molecule has 0 unspecified atom stereocenters. The number of amides is 1. The van der Waals surface area contributed by atoms with Gasteiger partial charge in [0.1, 0.15) is 5.75 Å². The molecule has 1 aromatic heterocycles. The maximum atomic E-state index is 12.7. The molecule has 0 radical (unpaired) electrons. The van der Waals surface area contributed by atoms with Gasteiger partial charge in [0, 0.05) is 29.9 Å².